The third-order valence-electron chi connectivity index (χ3n) is 2.25. The summed E-state index contributed by atoms with van der Waals surface area (Å²) in [6, 6.07) is 0.798. The SMILES string of the molecule is CC(C)N1[CH-][NH+](C(C)C)CC1=O. The van der Waals surface area contributed by atoms with Crippen molar-refractivity contribution < 1.29 is 9.69 Å². The van der Waals surface area contributed by atoms with Crippen LogP contribution in [-0.2, 0) is 4.79 Å². The standard InChI is InChI=1S/C9H18N2O/c1-7(2)10-5-9(12)11(6-10)8(3)4/h6-8,10H,5H2,1-4H3. The molecule has 0 bridgehead atoms. The van der Waals surface area contributed by atoms with Crippen LogP contribution < -0.4 is 4.90 Å². The van der Waals surface area contributed by atoms with Gasteiger partial charge in [0, 0.05) is 6.04 Å². The number of rotatable bonds is 2. The van der Waals surface area contributed by atoms with Crippen molar-refractivity contribution in [2.75, 3.05) is 6.54 Å². The molecule has 12 heavy (non-hydrogen) atoms. The number of nitrogens with one attached hydrogen (secondary N) is 1. The summed E-state index contributed by atoms with van der Waals surface area (Å²) in [4.78, 5) is 14.5. The third kappa shape index (κ3) is 1.78. The molecular weight excluding hydrogens is 152 g/mol. The van der Waals surface area contributed by atoms with Gasteiger partial charge in [-0.2, -0.15) is 0 Å². The van der Waals surface area contributed by atoms with Crippen molar-refractivity contribution >= 4 is 5.91 Å². The van der Waals surface area contributed by atoms with E-state index in [1.54, 1.807) is 0 Å². The first kappa shape index (κ1) is 9.52. The number of carbonyl (C=O) groups excluding carboxylic acids is 1. The van der Waals surface area contributed by atoms with Crippen LogP contribution in [0.15, 0.2) is 0 Å². The van der Waals surface area contributed by atoms with Crippen LogP contribution in [0.3, 0.4) is 0 Å². The van der Waals surface area contributed by atoms with Gasteiger partial charge in [-0.25, -0.2) is 0 Å². The summed E-state index contributed by atoms with van der Waals surface area (Å²) in [5.41, 5.74) is 0. The Kier molecular flexibility index (Phi) is 2.73. The van der Waals surface area contributed by atoms with Crippen molar-refractivity contribution in [3.63, 3.8) is 0 Å². The average molecular weight is 170 g/mol. The monoisotopic (exact) mass is 170 g/mol. The Morgan fingerprint density at radius 3 is 2.25 bits per heavy atom. The van der Waals surface area contributed by atoms with Gasteiger partial charge in [0.2, 0.25) is 0 Å². The Labute approximate surface area is 74.3 Å². The van der Waals surface area contributed by atoms with Crippen molar-refractivity contribution in [1.29, 1.82) is 0 Å². The zero-order chi connectivity index (χ0) is 9.30. The van der Waals surface area contributed by atoms with Crippen molar-refractivity contribution in [3.05, 3.63) is 6.67 Å². The van der Waals surface area contributed by atoms with Crippen LogP contribution in [0.25, 0.3) is 0 Å². The van der Waals surface area contributed by atoms with Gasteiger partial charge in [-0.15, -0.1) is 0 Å². The molecule has 0 radical (unpaired) electrons. The van der Waals surface area contributed by atoms with E-state index in [9.17, 15) is 4.79 Å². The lowest BCUT2D eigenvalue weighted by Crippen LogP contribution is -3.11. The van der Waals surface area contributed by atoms with Crippen LogP contribution in [0.2, 0.25) is 0 Å². The Hall–Kier alpha value is -0.570. The topological polar surface area (TPSA) is 24.8 Å². The molecule has 0 aromatic heterocycles. The molecule has 1 atom stereocenters. The summed E-state index contributed by atoms with van der Waals surface area (Å²) >= 11 is 0. The molecule has 0 saturated carbocycles. The van der Waals surface area contributed by atoms with Gasteiger partial charge in [0.05, 0.1) is 6.04 Å². The lowest BCUT2D eigenvalue weighted by Gasteiger charge is -2.30. The van der Waals surface area contributed by atoms with Crippen LogP contribution in [0.4, 0.5) is 0 Å². The first-order valence-corrected chi connectivity index (χ1v) is 4.54. The van der Waals surface area contributed by atoms with E-state index in [1.807, 2.05) is 25.4 Å². The number of carbonyl (C=O) groups is 1. The number of nitrogens with zero attached hydrogens (tertiary/aromatic N) is 1. The fraction of sp³-hybridized carbons (Fsp3) is 0.778. The highest BCUT2D eigenvalue weighted by Crippen LogP contribution is 2.02. The van der Waals surface area contributed by atoms with Crippen LogP contribution in [0.5, 0.6) is 0 Å². The summed E-state index contributed by atoms with van der Waals surface area (Å²) in [5.74, 6) is 0.244. The predicted octanol–water partition coefficient (Wildman–Crippen LogP) is -0.350. The summed E-state index contributed by atoms with van der Waals surface area (Å²) in [6.45, 7) is 11.0. The van der Waals surface area contributed by atoms with E-state index in [2.05, 4.69) is 13.8 Å². The van der Waals surface area contributed by atoms with E-state index < -0.39 is 0 Å². The molecular formula is C9H18N2O. The molecule has 1 saturated heterocycles. The van der Waals surface area contributed by atoms with Gasteiger partial charge >= 0.3 is 0 Å². The first-order chi connectivity index (χ1) is 5.52. The average Bonchev–Trinajstić information content (AvgIpc) is 2.30. The molecule has 70 valence electrons. The van der Waals surface area contributed by atoms with Crippen molar-refractivity contribution in [3.8, 4) is 0 Å². The predicted molar refractivity (Wildman–Crippen MR) is 47.2 cm³/mol. The van der Waals surface area contributed by atoms with Crippen LogP contribution in [0, 0.1) is 6.67 Å². The molecule has 3 heteroatoms. The molecule has 1 heterocycles. The Bertz CT molecular complexity index is 177. The number of quaternary nitrogens is 1. The number of hydrogen-bond acceptors (Lipinski definition) is 1. The molecule has 3 nitrogen and oxygen atoms in total. The van der Waals surface area contributed by atoms with Gasteiger partial charge in [-0.3, -0.25) is 4.79 Å². The largest absolute Gasteiger partial charge is 0.439 e. The van der Waals surface area contributed by atoms with E-state index in [0.29, 0.717) is 18.6 Å². The van der Waals surface area contributed by atoms with Gasteiger partial charge in [0.1, 0.15) is 6.54 Å². The smallest absolute Gasteiger partial charge is 0.250 e. The highest BCUT2D eigenvalue weighted by Gasteiger charge is 2.25. The summed E-state index contributed by atoms with van der Waals surface area (Å²) in [6.07, 6.45) is 0. The van der Waals surface area contributed by atoms with Crippen molar-refractivity contribution in [1.82, 2.24) is 4.90 Å². The Balaban J connectivity index is 2.56. The molecule has 0 aromatic rings. The normalized spacial score (nSPS) is 24.7. The molecule has 0 aliphatic carbocycles. The van der Waals surface area contributed by atoms with E-state index in [4.69, 9.17) is 0 Å². The highest BCUT2D eigenvalue weighted by molar-refractivity contribution is 5.79. The molecule has 1 aliphatic rings. The minimum Gasteiger partial charge on any atom is -0.439 e. The molecule has 1 N–H and O–H groups in total. The highest BCUT2D eigenvalue weighted by atomic mass is 16.2. The van der Waals surface area contributed by atoms with Gasteiger partial charge in [-0.05, 0) is 34.4 Å². The molecule has 1 rings (SSSR count). The van der Waals surface area contributed by atoms with Gasteiger partial charge in [-0.1, -0.05) is 0 Å². The minimum atomic E-state index is 0.244. The number of hydrogen-bond donors (Lipinski definition) is 1. The third-order valence-corrected chi connectivity index (χ3v) is 2.25. The Morgan fingerprint density at radius 2 is 2.00 bits per heavy atom. The summed E-state index contributed by atoms with van der Waals surface area (Å²) in [5, 5.41) is 0. The second kappa shape index (κ2) is 3.44. The molecule has 1 fully saturated rings. The molecule has 0 aromatic carbocycles. The second-order valence-corrected chi connectivity index (χ2v) is 3.93. The van der Waals surface area contributed by atoms with E-state index >= 15 is 0 Å². The van der Waals surface area contributed by atoms with E-state index in [0.717, 1.165) is 0 Å². The maximum Gasteiger partial charge on any atom is 0.250 e. The zero-order valence-electron chi connectivity index (χ0n) is 8.29. The van der Waals surface area contributed by atoms with E-state index in [-0.39, 0.29) is 5.91 Å². The van der Waals surface area contributed by atoms with Crippen molar-refractivity contribution in [2.24, 2.45) is 0 Å². The first-order valence-electron chi connectivity index (χ1n) is 4.54. The molecule has 1 amide bonds. The Morgan fingerprint density at radius 1 is 1.42 bits per heavy atom. The van der Waals surface area contributed by atoms with Gasteiger partial charge in [0.15, 0.2) is 0 Å². The lowest BCUT2D eigenvalue weighted by atomic mass is 10.3. The fourth-order valence-corrected chi connectivity index (χ4v) is 1.35. The van der Waals surface area contributed by atoms with Crippen LogP contribution in [0.1, 0.15) is 27.7 Å². The van der Waals surface area contributed by atoms with Crippen LogP contribution >= 0.6 is 0 Å². The second-order valence-electron chi connectivity index (χ2n) is 3.93. The fourth-order valence-electron chi connectivity index (χ4n) is 1.35. The summed E-state index contributed by atoms with van der Waals surface area (Å²) < 4.78 is 0. The van der Waals surface area contributed by atoms with Gasteiger partial charge < -0.3 is 9.80 Å². The van der Waals surface area contributed by atoms with E-state index in [1.165, 1.54) is 4.90 Å². The van der Waals surface area contributed by atoms with Crippen molar-refractivity contribution in [2.45, 2.75) is 39.8 Å². The quantitative estimate of drug-likeness (QED) is 0.563. The molecule has 0 spiro atoms. The summed E-state index contributed by atoms with van der Waals surface area (Å²) in [7, 11) is 0. The molecule has 1 aliphatic heterocycles. The maximum absolute atomic E-state index is 11.4. The van der Waals surface area contributed by atoms with Gasteiger partial charge in [0.25, 0.3) is 5.91 Å². The lowest BCUT2D eigenvalue weighted by molar-refractivity contribution is -0.881. The maximum atomic E-state index is 11.4. The number of amides is 1. The van der Waals surface area contributed by atoms with Crippen LogP contribution in [-0.4, -0.2) is 29.4 Å². The molecule has 1 unspecified atom stereocenters. The zero-order valence-corrected chi connectivity index (χ0v) is 8.29. The minimum absolute atomic E-state index is 0.244.